The van der Waals surface area contributed by atoms with Crippen molar-refractivity contribution in [1.29, 1.82) is 0 Å². The van der Waals surface area contributed by atoms with Crippen molar-refractivity contribution in [2.24, 2.45) is 5.92 Å². The van der Waals surface area contributed by atoms with Crippen LogP contribution in [0.2, 0.25) is 0 Å². The summed E-state index contributed by atoms with van der Waals surface area (Å²) in [6, 6.07) is 7.09. The third kappa shape index (κ3) is 1.76. The van der Waals surface area contributed by atoms with Gasteiger partial charge >= 0.3 is 0 Å². The van der Waals surface area contributed by atoms with Crippen LogP contribution in [0.1, 0.15) is 25.3 Å². The van der Waals surface area contributed by atoms with E-state index in [-0.39, 0.29) is 17.6 Å². The Morgan fingerprint density at radius 2 is 1.94 bits per heavy atom. The molecule has 3 unspecified atom stereocenters. The van der Waals surface area contributed by atoms with Crippen LogP contribution < -0.4 is 0 Å². The summed E-state index contributed by atoms with van der Waals surface area (Å²) in [5, 5.41) is 9.58. The predicted molar refractivity (Wildman–Crippen MR) is 62.1 cm³/mol. The Morgan fingerprint density at radius 3 is 2.56 bits per heavy atom. The van der Waals surface area contributed by atoms with E-state index in [1.807, 2.05) is 19.1 Å². The van der Waals surface area contributed by atoms with E-state index in [1.54, 1.807) is 19.1 Å². The molecule has 1 heterocycles. The van der Waals surface area contributed by atoms with E-state index in [9.17, 15) is 13.5 Å². The maximum absolute atomic E-state index is 11.9. The molecule has 1 N–H and O–H groups in total. The molecular formula is C12H16O3S. The molecular weight excluding hydrogens is 224 g/mol. The lowest BCUT2D eigenvalue weighted by Gasteiger charge is -2.21. The van der Waals surface area contributed by atoms with Crippen LogP contribution in [0, 0.1) is 5.92 Å². The van der Waals surface area contributed by atoms with Crippen molar-refractivity contribution in [3.8, 4) is 0 Å². The van der Waals surface area contributed by atoms with Crippen LogP contribution in [-0.4, -0.2) is 25.4 Å². The molecule has 0 saturated heterocycles. The second kappa shape index (κ2) is 3.86. The zero-order chi connectivity index (χ0) is 11.9. The summed E-state index contributed by atoms with van der Waals surface area (Å²) >= 11 is 0. The van der Waals surface area contributed by atoms with Crippen LogP contribution >= 0.6 is 0 Å². The Bertz CT molecular complexity index is 491. The van der Waals surface area contributed by atoms with Gasteiger partial charge in [-0.05, 0) is 24.5 Å². The molecule has 16 heavy (non-hydrogen) atoms. The molecule has 1 aliphatic rings. The highest BCUT2D eigenvalue weighted by atomic mass is 32.2. The summed E-state index contributed by atoms with van der Waals surface area (Å²) in [6.07, 6.45) is -0.494. The molecule has 0 saturated carbocycles. The van der Waals surface area contributed by atoms with Crippen LogP contribution in [0.4, 0.5) is 0 Å². The number of sulfone groups is 1. The molecule has 2 rings (SSSR count). The smallest absolute Gasteiger partial charge is 0.179 e. The Balaban J connectivity index is 2.49. The molecule has 1 aliphatic heterocycles. The van der Waals surface area contributed by atoms with Gasteiger partial charge in [-0.15, -0.1) is 0 Å². The first kappa shape index (κ1) is 11.6. The van der Waals surface area contributed by atoms with Crippen molar-refractivity contribution in [2.75, 3.05) is 5.75 Å². The summed E-state index contributed by atoms with van der Waals surface area (Å²) in [6.45, 7) is 3.60. The van der Waals surface area contributed by atoms with E-state index in [0.717, 1.165) is 5.56 Å². The van der Waals surface area contributed by atoms with E-state index in [1.165, 1.54) is 0 Å². The summed E-state index contributed by atoms with van der Waals surface area (Å²) in [5.41, 5.74) is 0.857. The van der Waals surface area contributed by atoms with Gasteiger partial charge in [-0.1, -0.05) is 25.1 Å². The summed E-state index contributed by atoms with van der Waals surface area (Å²) in [7, 11) is -3.14. The van der Waals surface area contributed by atoms with E-state index in [4.69, 9.17) is 0 Å². The zero-order valence-electron chi connectivity index (χ0n) is 9.42. The summed E-state index contributed by atoms with van der Waals surface area (Å²) in [5.74, 6) is -0.00192. The molecule has 4 heteroatoms. The van der Waals surface area contributed by atoms with Crippen molar-refractivity contribution in [2.45, 2.75) is 30.8 Å². The number of aliphatic hydroxyl groups excluding tert-OH is 1. The minimum atomic E-state index is -3.14. The highest BCUT2D eigenvalue weighted by molar-refractivity contribution is 7.91. The molecule has 88 valence electrons. The van der Waals surface area contributed by atoms with Crippen molar-refractivity contribution in [1.82, 2.24) is 0 Å². The highest BCUT2D eigenvalue weighted by Crippen LogP contribution is 2.40. The van der Waals surface area contributed by atoms with E-state index in [0.29, 0.717) is 4.90 Å². The van der Waals surface area contributed by atoms with Gasteiger partial charge < -0.3 is 5.11 Å². The molecule has 1 aromatic carbocycles. The van der Waals surface area contributed by atoms with Gasteiger partial charge in [0.2, 0.25) is 0 Å². The van der Waals surface area contributed by atoms with Gasteiger partial charge in [-0.3, -0.25) is 0 Å². The first-order chi connectivity index (χ1) is 7.43. The fraction of sp³-hybridized carbons (Fsp3) is 0.500. The maximum Gasteiger partial charge on any atom is 0.179 e. The molecule has 0 fully saturated rings. The molecule has 3 atom stereocenters. The fourth-order valence-corrected chi connectivity index (χ4v) is 4.26. The third-order valence-electron chi connectivity index (χ3n) is 3.45. The Morgan fingerprint density at radius 1 is 1.31 bits per heavy atom. The van der Waals surface area contributed by atoms with Crippen LogP contribution in [0.25, 0.3) is 0 Å². The van der Waals surface area contributed by atoms with Gasteiger partial charge in [0.15, 0.2) is 9.84 Å². The number of rotatable bonds is 2. The summed E-state index contributed by atoms with van der Waals surface area (Å²) in [4.78, 5) is 0.438. The van der Waals surface area contributed by atoms with Gasteiger partial charge in [0.1, 0.15) is 0 Å². The SMILES string of the molecule is CC(O)C(C)C1CS(=O)(=O)c2ccccc21. The lowest BCUT2D eigenvalue weighted by molar-refractivity contribution is 0.123. The molecule has 0 aliphatic carbocycles. The highest BCUT2D eigenvalue weighted by Gasteiger charge is 2.38. The average Bonchev–Trinajstić information content (AvgIpc) is 2.51. The van der Waals surface area contributed by atoms with Crippen LogP contribution in [-0.2, 0) is 9.84 Å². The first-order valence-corrected chi connectivity index (χ1v) is 7.08. The maximum atomic E-state index is 11.9. The normalized spacial score (nSPS) is 26.1. The zero-order valence-corrected chi connectivity index (χ0v) is 10.2. The number of benzene rings is 1. The standard InChI is InChI=1S/C12H16O3S/c1-8(9(2)13)11-7-16(14,15)12-6-4-3-5-10(11)12/h3-6,8-9,11,13H,7H2,1-2H3. The van der Waals surface area contributed by atoms with E-state index >= 15 is 0 Å². The van der Waals surface area contributed by atoms with E-state index < -0.39 is 15.9 Å². The van der Waals surface area contributed by atoms with Crippen molar-refractivity contribution >= 4 is 9.84 Å². The van der Waals surface area contributed by atoms with Crippen LogP contribution in [0.15, 0.2) is 29.2 Å². The van der Waals surface area contributed by atoms with Crippen LogP contribution in [0.3, 0.4) is 0 Å². The third-order valence-corrected chi connectivity index (χ3v) is 5.29. The average molecular weight is 240 g/mol. The molecule has 0 aromatic heterocycles. The molecule has 0 bridgehead atoms. The number of fused-ring (bicyclic) bond motifs is 1. The largest absolute Gasteiger partial charge is 0.393 e. The molecule has 1 aromatic rings. The molecule has 0 spiro atoms. The fourth-order valence-electron chi connectivity index (χ4n) is 2.26. The topological polar surface area (TPSA) is 54.4 Å². The second-order valence-corrected chi connectivity index (χ2v) is 6.53. The monoisotopic (exact) mass is 240 g/mol. The lowest BCUT2D eigenvalue weighted by atomic mass is 9.86. The van der Waals surface area contributed by atoms with Gasteiger partial charge in [0.25, 0.3) is 0 Å². The molecule has 3 nitrogen and oxygen atoms in total. The Kier molecular flexibility index (Phi) is 2.80. The van der Waals surface area contributed by atoms with Gasteiger partial charge in [0.05, 0.1) is 16.8 Å². The predicted octanol–water partition coefficient (Wildman–Crippen LogP) is 1.57. The molecule has 0 amide bonds. The summed E-state index contributed by atoms with van der Waals surface area (Å²) < 4.78 is 23.8. The minimum Gasteiger partial charge on any atom is -0.393 e. The van der Waals surface area contributed by atoms with Gasteiger partial charge in [0, 0.05) is 5.92 Å². The minimum absolute atomic E-state index is 0.0431. The van der Waals surface area contributed by atoms with Crippen LogP contribution in [0.5, 0.6) is 0 Å². The second-order valence-electron chi connectivity index (χ2n) is 4.53. The number of hydrogen-bond donors (Lipinski definition) is 1. The van der Waals surface area contributed by atoms with Crippen molar-refractivity contribution in [3.05, 3.63) is 29.8 Å². The quantitative estimate of drug-likeness (QED) is 0.853. The van der Waals surface area contributed by atoms with Crippen molar-refractivity contribution in [3.63, 3.8) is 0 Å². The first-order valence-electron chi connectivity index (χ1n) is 5.43. The Hall–Kier alpha value is -0.870. The van der Waals surface area contributed by atoms with Crippen molar-refractivity contribution < 1.29 is 13.5 Å². The Labute approximate surface area is 96.0 Å². The number of hydrogen-bond acceptors (Lipinski definition) is 3. The molecule has 0 radical (unpaired) electrons. The lowest BCUT2D eigenvalue weighted by Crippen LogP contribution is -2.22. The van der Waals surface area contributed by atoms with Gasteiger partial charge in [-0.2, -0.15) is 0 Å². The van der Waals surface area contributed by atoms with E-state index in [2.05, 4.69) is 0 Å². The van der Waals surface area contributed by atoms with Gasteiger partial charge in [-0.25, -0.2) is 8.42 Å². The number of aliphatic hydroxyl groups is 1.